The predicted octanol–water partition coefficient (Wildman–Crippen LogP) is 1.10. The second kappa shape index (κ2) is 6.80. The van der Waals surface area contributed by atoms with Gasteiger partial charge < -0.3 is 14.8 Å². The van der Waals surface area contributed by atoms with Gasteiger partial charge in [-0.25, -0.2) is 0 Å². The van der Waals surface area contributed by atoms with Gasteiger partial charge in [0.1, 0.15) is 6.04 Å². The molecular formula is C11H21NO3. The summed E-state index contributed by atoms with van der Waals surface area (Å²) in [6.45, 7) is 0.630. The Morgan fingerprint density at radius 1 is 1.47 bits per heavy atom. The minimum absolute atomic E-state index is 0.215. The van der Waals surface area contributed by atoms with Crippen LogP contribution in [0.25, 0.3) is 0 Å². The zero-order valence-corrected chi connectivity index (χ0v) is 9.62. The van der Waals surface area contributed by atoms with Gasteiger partial charge in [0.05, 0.1) is 13.2 Å². The maximum Gasteiger partial charge on any atom is 0.322 e. The summed E-state index contributed by atoms with van der Waals surface area (Å²) in [5, 5.41) is 2.92. The topological polar surface area (TPSA) is 47.6 Å². The smallest absolute Gasteiger partial charge is 0.322 e. The lowest BCUT2D eigenvalue weighted by atomic mass is 10.2. The Morgan fingerprint density at radius 3 is 2.67 bits per heavy atom. The average molecular weight is 215 g/mol. The van der Waals surface area contributed by atoms with Gasteiger partial charge in [-0.3, -0.25) is 4.79 Å². The van der Waals surface area contributed by atoms with E-state index < -0.39 is 0 Å². The third kappa shape index (κ3) is 4.18. The summed E-state index contributed by atoms with van der Waals surface area (Å²) < 4.78 is 10.4. The molecule has 88 valence electrons. The van der Waals surface area contributed by atoms with Crippen molar-refractivity contribution in [2.24, 2.45) is 0 Å². The van der Waals surface area contributed by atoms with Gasteiger partial charge in [-0.05, 0) is 26.3 Å². The summed E-state index contributed by atoms with van der Waals surface area (Å²) in [5.74, 6) is -0.215. The number of esters is 1. The Bertz CT molecular complexity index is 190. The van der Waals surface area contributed by atoms with Gasteiger partial charge in [-0.15, -0.1) is 0 Å². The highest BCUT2D eigenvalue weighted by atomic mass is 16.5. The normalized spacial score (nSPS) is 19.1. The third-order valence-corrected chi connectivity index (χ3v) is 2.90. The molecule has 0 saturated heterocycles. The van der Waals surface area contributed by atoms with E-state index in [0.717, 1.165) is 0 Å². The molecule has 4 heteroatoms. The molecule has 0 aromatic heterocycles. The molecule has 0 spiro atoms. The second-order valence-corrected chi connectivity index (χ2v) is 3.93. The Balaban J connectivity index is 2.13. The van der Waals surface area contributed by atoms with Gasteiger partial charge >= 0.3 is 5.97 Å². The van der Waals surface area contributed by atoms with Crippen LogP contribution in [-0.4, -0.2) is 38.9 Å². The van der Waals surface area contributed by atoms with Crippen molar-refractivity contribution in [2.75, 3.05) is 20.8 Å². The fourth-order valence-electron chi connectivity index (χ4n) is 1.93. The molecule has 1 saturated carbocycles. The fourth-order valence-corrected chi connectivity index (χ4v) is 1.93. The molecule has 0 aliphatic heterocycles. The van der Waals surface area contributed by atoms with E-state index in [1.165, 1.54) is 32.8 Å². The number of likely N-dealkylation sites (N-methyl/N-ethyl adjacent to an activating group) is 1. The number of nitrogens with one attached hydrogen (secondary N) is 1. The Hall–Kier alpha value is -0.610. The first-order valence-electron chi connectivity index (χ1n) is 5.64. The van der Waals surface area contributed by atoms with Crippen molar-refractivity contribution in [3.63, 3.8) is 0 Å². The fraction of sp³-hybridized carbons (Fsp3) is 0.909. The first-order chi connectivity index (χ1) is 7.27. The molecule has 0 aromatic carbocycles. The van der Waals surface area contributed by atoms with Crippen LogP contribution in [0.4, 0.5) is 0 Å². The summed E-state index contributed by atoms with van der Waals surface area (Å²) in [4.78, 5) is 11.2. The van der Waals surface area contributed by atoms with Crippen molar-refractivity contribution in [1.29, 1.82) is 0 Å². The van der Waals surface area contributed by atoms with Crippen LogP contribution < -0.4 is 5.32 Å². The summed E-state index contributed by atoms with van der Waals surface area (Å²) in [7, 11) is 3.17. The largest absolute Gasteiger partial charge is 0.468 e. The predicted molar refractivity (Wildman–Crippen MR) is 57.7 cm³/mol. The molecule has 1 fully saturated rings. The standard InChI is InChI=1S/C11H21NO3/c1-12-10(11(13)14-2)7-8-15-9-5-3-4-6-9/h9-10,12H,3-8H2,1-2H3. The van der Waals surface area contributed by atoms with Gasteiger partial charge in [0.2, 0.25) is 0 Å². The quantitative estimate of drug-likeness (QED) is 0.674. The van der Waals surface area contributed by atoms with Crippen LogP contribution in [0.3, 0.4) is 0 Å². The van der Waals surface area contributed by atoms with Crippen molar-refractivity contribution in [1.82, 2.24) is 5.32 Å². The van der Waals surface area contributed by atoms with Gasteiger partial charge in [0.15, 0.2) is 0 Å². The molecule has 0 amide bonds. The first kappa shape index (κ1) is 12.5. The molecule has 0 radical (unpaired) electrons. The maximum absolute atomic E-state index is 11.2. The summed E-state index contributed by atoms with van der Waals surface area (Å²) in [5.41, 5.74) is 0. The SMILES string of the molecule is CNC(CCOC1CCCC1)C(=O)OC. The molecular weight excluding hydrogens is 194 g/mol. The number of carbonyl (C=O) groups is 1. The molecule has 1 atom stereocenters. The van der Waals surface area contributed by atoms with Crippen molar-refractivity contribution in [2.45, 2.75) is 44.2 Å². The molecule has 1 aliphatic rings. The molecule has 0 bridgehead atoms. The maximum atomic E-state index is 11.2. The molecule has 1 aliphatic carbocycles. The van der Waals surface area contributed by atoms with E-state index in [1.54, 1.807) is 7.05 Å². The minimum Gasteiger partial charge on any atom is -0.468 e. The lowest BCUT2D eigenvalue weighted by Gasteiger charge is -2.15. The van der Waals surface area contributed by atoms with E-state index >= 15 is 0 Å². The summed E-state index contributed by atoms with van der Waals surface area (Å²) in [6.07, 6.45) is 5.99. The average Bonchev–Trinajstić information content (AvgIpc) is 2.76. The van der Waals surface area contributed by atoms with Crippen molar-refractivity contribution in [3.8, 4) is 0 Å². The second-order valence-electron chi connectivity index (χ2n) is 3.93. The first-order valence-corrected chi connectivity index (χ1v) is 5.64. The van der Waals surface area contributed by atoms with Gasteiger partial charge in [-0.2, -0.15) is 0 Å². The molecule has 4 nitrogen and oxygen atoms in total. The van der Waals surface area contributed by atoms with Crippen molar-refractivity contribution >= 4 is 5.97 Å². The molecule has 1 rings (SSSR count). The number of ether oxygens (including phenoxy) is 2. The van der Waals surface area contributed by atoms with Gasteiger partial charge in [-0.1, -0.05) is 12.8 Å². The lowest BCUT2D eigenvalue weighted by Crippen LogP contribution is -2.36. The molecule has 1 N–H and O–H groups in total. The van der Waals surface area contributed by atoms with Crippen molar-refractivity contribution in [3.05, 3.63) is 0 Å². The van der Waals surface area contributed by atoms with Crippen molar-refractivity contribution < 1.29 is 14.3 Å². The van der Waals surface area contributed by atoms with E-state index in [1.807, 2.05) is 0 Å². The van der Waals surface area contributed by atoms with Gasteiger partial charge in [0.25, 0.3) is 0 Å². The highest BCUT2D eigenvalue weighted by molar-refractivity contribution is 5.75. The van der Waals surface area contributed by atoms with E-state index in [0.29, 0.717) is 19.1 Å². The summed E-state index contributed by atoms with van der Waals surface area (Å²) >= 11 is 0. The van der Waals surface area contributed by atoms with Crippen LogP contribution in [0.1, 0.15) is 32.1 Å². The van der Waals surface area contributed by atoms with Crippen LogP contribution in [0.5, 0.6) is 0 Å². The van der Waals surface area contributed by atoms with E-state index in [2.05, 4.69) is 10.1 Å². The highest BCUT2D eigenvalue weighted by Crippen LogP contribution is 2.20. The monoisotopic (exact) mass is 215 g/mol. The zero-order valence-electron chi connectivity index (χ0n) is 9.62. The Morgan fingerprint density at radius 2 is 2.13 bits per heavy atom. The molecule has 0 aromatic rings. The Kier molecular flexibility index (Phi) is 5.65. The zero-order chi connectivity index (χ0) is 11.1. The Labute approximate surface area is 91.3 Å². The van der Waals surface area contributed by atoms with Crippen LogP contribution >= 0.6 is 0 Å². The number of carbonyl (C=O) groups excluding carboxylic acids is 1. The number of rotatable bonds is 6. The molecule has 0 heterocycles. The molecule has 15 heavy (non-hydrogen) atoms. The van der Waals surface area contributed by atoms with E-state index in [9.17, 15) is 4.79 Å². The number of hydrogen-bond acceptors (Lipinski definition) is 4. The third-order valence-electron chi connectivity index (χ3n) is 2.90. The summed E-state index contributed by atoms with van der Waals surface area (Å²) in [6, 6.07) is -0.239. The number of methoxy groups -OCH3 is 1. The van der Waals surface area contributed by atoms with E-state index in [4.69, 9.17) is 4.74 Å². The minimum atomic E-state index is -0.239. The molecule has 1 unspecified atom stereocenters. The van der Waals surface area contributed by atoms with Crippen LogP contribution in [0.15, 0.2) is 0 Å². The van der Waals surface area contributed by atoms with Crippen LogP contribution in [0.2, 0.25) is 0 Å². The number of hydrogen-bond donors (Lipinski definition) is 1. The van der Waals surface area contributed by atoms with E-state index in [-0.39, 0.29) is 12.0 Å². The van der Waals surface area contributed by atoms with Crippen LogP contribution in [0, 0.1) is 0 Å². The highest BCUT2D eigenvalue weighted by Gasteiger charge is 2.19. The van der Waals surface area contributed by atoms with Gasteiger partial charge in [0, 0.05) is 6.61 Å². The lowest BCUT2D eigenvalue weighted by molar-refractivity contribution is -0.143. The van der Waals surface area contributed by atoms with Crippen LogP contribution in [-0.2, 0) is 14.3 Å².